The molecule has 194 valence electrons. The van der Waals surface area contributed by atoms with E-state index in [0.717, 1.165) is 0 Å². The maximum absolute atomic E-state index is 12.8. The average molecular weight is 495 g/mol. The number of rotatable bonds is 12. The van der Waals surface area contributed by atoms with Gasteiger partial charge in [0.1, 0.15) is 18.2 Å². The Morgan fingerprint density at radius 3 is 2.26 bits per heavy atom. The molecule has 2 atom stereocenters. The second-order valence-electron chi connectivity index (χ2n) is 8.80. The Kier molecular flexibility index (Phi) is 11.7. The number of hydrogen-bond donors (Lipinski definition) is 4. The van der Waals surface area contributed by atoms with Crippen LogP contribution in [0.3, 0.4) is 0 Å². The first-order valence-corrected chi connectivity index (χ1v) is 11.1. The van der Waals surface area contributed by atoms with E-state index in [9.17, 15) is 29.1 Å². The van der Waals surface area contributed by atoms with Crippen LogP contribution < -0.4 is 16.8 Å². The molecule has 0 aromatic heterocycles. The summed E-state index contributed by atoms with van der Waals surface area (Å²) in [7, 11) is 0. The number of benzene rings is 1. The fraction of sp³-hybridized carbons (Fsp3) is 0.522. The molecule has 4 amide bonds. The van der Waals surface area contributed by atoms with Crippen LogP contribution in [0, 0.1) is 0 Å². The second kappa shape index (κ2) is 13.9. The summed E-state index contributed by atoms with van der Waals surface area (Å²) in [5, 5.41) is 12.3. The van der Waals surface area contributed by atoms with Gasteiger partial charge in [-0.15, -0.1) is 0 Å². The number of nitrogens with zero attached hydrogens (tertiary/aromatic N) is 1. The highest BCUT2D eigenvalue weighted by Crippen LogP contribution is 2.15. The van der Waals surface area contributed by atoms with Crippen LogP contribution in [0.4, 0.5) is 9.59 Å². The Morgan fingerprint density at radius 2 is 1.71 bits per heavy atom. The SMILES string of the molecule is CC(C)(C)OC(=O)NCCCC[C@@H](C(=O)O)N(C(=O)OCc1ccccc1)C(=O)[C@@H](N)CC(N)=O. The Morgan fingerprint density at radius 1 is 1.09 bits per heavy atom. The molecule has 0 aliphatic carbocycles. The van der Waals surface area contributed by atoms with E-state index >= 15 is 0 Å². The molecule has 0 spiro atoms. The largest absolute Gasteiger partial charge is 0.480 e. The van der Waals surface area contributed by atoms with E-state index in [2.05, 4.69) is 5.32 Å². The third-order valence-electron chi connectivity index (χ3n) is 4.55. The molecule has 0 heterocycles. The maximum Gasteiger partial charge on any atom is 0.417 e. The number of ether oxygens (including phenoxy) is 2. The van der Waals surface area contributed by atoms with Crippen LogP contribution in [-0.2, 0) is 30.5 Å². The normalized spacial score (nSPS) is 12.7. The van der Waals surface area contributed by atoms with Gasteiger partial charge in [-0.3, -0.25) is 9.59 Å². The van der Waals surface area contributed by atoms with Gasteiger partial charge in [-0.05, 0) is 45.6 Å². The summed E-state index contributed by atoms with van der Waals surface area (Å²) in [4.78, 5) is 60.9. The Labute approximate surface area is 203 Å². The van der Waals surface area contributed by atoms with Crippen molar-refractivity contribution >= 4 is 30.0 Å². The van der Waals surface area contributed by atoms with Gasteiger partial charge in [0, 0.05) is 6.54 Å². The van der Waals surface area contributed by atoms with Crippen molar-refractivity contribution in [3.8, 4) is 0 Å². The predicted molar refractivity (Wildman–Crippen MR) is 125 cm³/mol. The number of primary amides is 1. The smallest absolute Gasteiger partial charge is 0.417 e. The Hall–Kier alpha value is -3.67. The molecule has 0 saturated carbocycles. The van der Waals surface area contributed by atoms with Gasteiger partial charge in [-0.25, -0.2) is 19.3 Å². The molecule has 1 aromatic rings. The van der Waals surface area contributed by atoms with E-state index in [1.165, 1.54) is 0 Å². The Balaban J connectivity index is 2.87. The lowest BCUT2D eigenvalue weighted by molar-refractivity contribution is -0.149. The molecule has 0 aliphatic rings. The molecule has 0 bridgehead atoms. The molecule has 0 aliphatic heterocycles. The summed E-state index contributed by atoms with van der Waals surface area (Å²) in [5.74, 6) is -3.44. The zero-order valence-electron chi connectivity index (χ0n) is 20.2. The van der Waals surface area contributed by atoms with Gasteiger partial charge < -0.3 is 31.4 Å². The number of alkyl carbamates (subject to hydrolysis) is 1. The van der Waals surface area contributed by atoms with E-state index in [-0.39, 0.29) is 26.0 Å². The van der Waals surface area contributed by atoms with E-state index in [1.807, 2.05) is 0 Å². The van der Waals surface area contributed by atoms with Gasteiger partial charge in [-0.2, -0.15) is 0 Å². The molecular formula is C23H34N4O8. The molecular weight excluding hydrogens is 460 g/mol. The van der Waals surface area contributed by atoms with Crippen LogP contribution in [-0.4, -0.2) is 64.2 Å². The summed E-state index contributed by atoms with van der Waals surface area (Å²) >= 11 is 0. The third-order valence-corrected chi connectivity index (χ3v) is 4.55. The topological polar surface area (TPSA) is 191 Å². The van der Waals surface area contributed by atoms with Gasteiger partial charge in [0.25, 0.3) is 0 Å². The van der Waals surface area contributed by atoms with Crippen molar-refractivity contribution in [2.45, 2.75) is 70.7 Å². The van der Waals surface area contributed by atoms with Crippen molar-refractivity contribution in [3.63, 3.8) is 0 Å². The number of carboxylic acid groups (broad SMARTS) is 1. The number of carbonyl (C=O) groups excluding carboxylic acids is 4. The van der Waals surface area contributed by atoms with Gasteiger partial charge >= 0.3 is 18.2 Å². The Bertz CT molecular complexity index is 885. The maximum atomic E-state index is 12.8. The summed E-state index contributed by atoms with van der Waals surface area (Å²) in [6.45, 7) is 5.13. The van der Waals surface area contributed by atoms with Crippen molar-refractivity contribution < 1.29 is 38.6 Å². The molecule has 6 N–H and O–H groups in total. The first-order chi connectivity index (χ1) is 16.3. The van der Waals surface area contributed by atoms with Crippen LogP contribution in [0.1, 0.15) is 52.0 Å². The number of imide groups is 1. The summed E-state index contributed by atoms with van der Waals surface area (Å²) in [6.07, 6.45) is -1.97. The van der Waals surface area contributed by atoms with Crippen molar-refractivity contribution in [3.05, 3.63) is 35.9 Å². The van der Waals surface area contributed by atoms with Crippen LogP contribution >= 0.6 is 0 Å². The van der Waals surface area contributed by atoms with Gasteiger partial charge in [0.2, 0.25) is 11.8 Å². The number of carbonyl (C=O) groups is 5. The molecule has 12 heteroatoms. The summed E-state index contributed by atoms with van der Waals surface area (Å²) in [6, 6.07) is 5.45. The number of unbranched alkanes of at least 4 members (excludes halogenated alkanes) is 1. The van der Waals surface area contributed by atoms with Crippen molar-refractivity contribution in [1.29, 1.82) is 0 Å². The highest BCUT2D eigenvalue weighted by Gasteiger charge is 2.38. The quantitative estimate of drug-likeness (QED) is 0.312. The highest BCUT2D eigenvalue weighted by molar-refractivity contribution is 6.00. The third kappa shape index (κ3) is 11.3. The minimum Gasteiger partial charge on any atom is -0.480 e. The van der Waals surface area contributed by atoms with Crippen LogP contribution in [0.15, 0.2) is 30.3 Å². The van der Waals surface area contributed by atoms with Gasteiger partial charge in [0.15, 0.2) is 0 Å². The van der Waals surface area contributed by atoms with Gasteiger partial charge in [0.05, 0.1) is 12.5 Å². The molecule has 0 radical (unpaired) electrons. The van der Waals surface area contributed by atoms with E-state index in [1.54, 1.807) is 51.1 Å². The number of nitrogens with one attached hydrogen (secondary N) is 1. The van der Waals surface area contributed by atoms with Crippen molar-refractivity contribution in [1.82, 2.24) is 10.2 Å². The lowest BCUT2D eigenvalue weighted by Gasteiger charge is -2.28. The molecule has 0 fully saturated rings. The van der Waals surface area contributed by atoms with E-state index in [0.29, 0.717) is 16.9 Å². The standard InChI is InChI=1S/C23H34N4O8/c1-23(2,3)35-21(32)26-12-8-7-11-17(20(30)31)27(19(29)16(24)13-18(25)28)22(33)34-14-15-9-5-4-6-10-15/h4-6,9-10,16-17H,7-8,11-14,24H2,1-3H3,(H2,25,28)(H,26,32)(H,30,31)/t16-,17-/m0/s1. The summed E-state index contributed by atoms with van der Waals surface area (Å²) in [5.41, 5.74) is 10.8. The highest BCUT2D eigenvalue weighted by atomic mass is 16.6. The number of hydrogen-bond acceptors (Lipinski definition) is 8. The molecule has 1 aromatic carbocycles. The molecule has 1 rings (SSSR count). The lowest BCUT2D eigenvalue weighted by atomic mass is 10.1. The van der Waals surface area contributed by atoms with E-state index in [4.69, 9.17) is 20.9 Å². The second-order valence-corrected chi connectivity index (χ2v) is 8.80. The zero-order chi connectivity index (χ0) is 26.6. The van der Waals surface area contributed by atoms with Gasteiger partial charge in [-0.1, -0.05) is 30.3 Å². The number of aliphatic carboxylic acids is 1. The molecule has 12 nitrogen and oxygen atoms in total. The van der Waals surface area contributed by atoms with E-state index < -0.39 is 54.1 Å². The fourth-order valence-corrected chi connectivity index (χ4v) is 2.97. The van der Waals surface area contributed by atoms with Crippen LogP contribution in [0.5, 0.6) is 0 Å². The molecule has 35 heavy (non-hydrogen) atoms. The van der Waals surface area contributed by atoms with Crippen molar-refractivity contribution in [2.75, 3.05) is 6.54 Å². The predicted octanol–water partition coefficient (Wildman–Crippen LogP) is 1.50. The average Bonchev–Trinajstić information content (AvgIpc) is 2.75. The zero-order valence-corrected chi connectivity index (χ0v) is 20.2. The number of nitrogens with two attached hydrogens (primary N) is 2. The molecule has 0 saturated heterocycles. The minimum atomic E-state index is -1.61. The fourth-order valence-electron chi connectivity index (χ4n) is 2.97. The number of amides is 4. The molecule has 0 unspecified atom stereocenters. The number of carboxylic acids is 1. The lowest BCUT2D eigenvalue weighted by Crippen LogP contribution is -2.55. The monoisotopic (exact) mass is 494 g/mol. The summed E-state index contributed by atoms with van der Waals surface area (Å²) < 4.78 is 10.3. The van der Waals surface area contributed by atoms with Crippen LogP contribution in [0.2, 0.25) is 0 Å². The van der Waals surface area contributed by atoms with Crippen LogP contribution in [0.25, 0.3) is 0 Å². The van der Waals surface area contributed by atoms with Crippen molar-refractivity contribution in [2.24, 2.45) is 11.5 Å². The first kappa shape index (κ1) is 29.4. The first-order valence-electron chi connectivity index (χ1n) is 11.1. The minimum absolute atomic E-state index is 0.138.